The fourth-order valence-electron chi connectivity index (χ4n) is 2.06. The number of benzene rings is 1. The molecule has 0 aliphatic carbocycles. The van der Waals surface area contributed by atoms with Gasteiger partial charge in [0.15, 0.2) is 0 Å². The van der Waals surface area contributed by atoms with Crippen LogP contribution in [-0.2, 0) is 12.8 Å². The number of hydrogen-bond donors (Lipinski definition) is 1. The Morgan fingerprint density at radius 3 is 2.65 bits per heavy atom. The number of nitrogens with zero attached hydrogens (tertiary/aromatic N) is 3. The zero-order valence-electron chi connectivity index (χ0n) is 12.7. The monoisotopic (exact) mass is 308 g/mol. The van der Waals surface area contributed by atoms with Gasteiger partial charge in [-0.3, -0.25) is 9.78 Å². The van der Waals surface area contributed by atoms with Crippen molar-refractivity contribution in [1.29, 1.82) is 0 Å². The summed E-state index contributed by atoms with van der Waals surface area (Å²) in [7, 11) is 0. The number of anilines is 2. The number of hydrogen-bond acceptors (Lipinski definition) is 6. The second-order valence-corrected chi connectivity index (χ2v) is 5.01. The average Bonchev–Trinajstić information content (AvgIpc) is 3.05. The van der Waals surface area contributed by atoms with Crippen LogP contribution < -0.4 is 5.32 Å². The molecule has 0 radical (unpaired) electrons. The van der Waals surface area contributed by atoms with Gasteiger partial charge < -0.3 is 9.73 Å². The van der Waals surface area contributed by atoms with Crippen LogP contribution in [0.25, 0.3) is 0 Å². The molecule has 1 aromatic carbocycles. The Balaban J connectivity index is 1.66. The topological polar surface area (TPSA) is 80.9 Å². The molecular formula is C17H16N4O2. The summed E-state index contributed by atoms with van der Waals surface area (Å²) in [6.45, 7) is 2.03. The number of nitrogens with one attached hydrogen (secondary N) is 1. The van der Waals surface area contributed by atoms with Crippen molar-refractivity contribution in [3.05, 3.63) is 65.8 Å². The number of carbonyl (C=O) groups is 1. The number of ketones is 1. The van der Waals surface area contributed by atoms with E-state index in [1.807, 2.05) is 49.4 Å². The Kier molecular flexibility index (Phi) is 4.42. The van der Waals surface area contributed by atoms with Gasteiger partial charge in [0.1, 0.15) is 0 Å². The number of aromatic nitrogens is 3. The molecule has 6 nitrogen and oxygen atoms in total. The fourth-order valence-corrected chi connectivity index (χ4v) is 2.06. The molecule has 0 spiro atoms. The number of rotatable bonds is 6. The van der Waals surface area contributed by atoms with Gasteiger partial charge in [-0.15, -0.1) is 5.10 Å². The minimum Gasteiger partial charge on any atom is -0.400 e. The smallest absolute Gasteiger partial charge is 0.320 e. The molecule has 3 rings (SSSR count). The van der Waals surface area contributed by atoms with Crippen LogP contribution in [-0.4, -0.2) is 21.0 Å². The zero-order valence-corrected chi connectivity index (χ0v) is 12.7. The summed E-state index contributed by atoms with van der Waals surface area (Å²) in [5, 5.41) is 10.6. The van der Waals surface area contributed by atoms with Gasteiger partial charge in [0.2, 0.25) is 5.78 Å². The van der Waals surface area contributed by atoms with E-state index in [2.05, 4.69) is 20.5 Å². The number of para-hydroxylation sites is 1. The second kappa shape index (κ2) is 6.83. The highest BCUT2D eigenvalue weighted by atomic mass is 16.4. The lowest BCUT2D eigenvalue weighted by molar-refractivity contribution is 0.0960. The third kappa shape index (κ3) is 3.79. The van der Waals surface area contributed by atoms with Crippen LogP contribution in [0.2, 0.25) is 0 Å². The number of carbonyl (C=O) groups excluding carboxylic acids is 1. The highest BCUT2D eigenvalue weighted by Crippen LogP contribution is 2.15. The molecule has 0 amide bonds. The average molecular weight is 308 g/mol. The molecule has 2 heterocycles. The third-order valence-corrected chi connectivity index (χ3v) is 3.30. The molecule has 0 aliphatic heterocycles. The molecule has 2 aromatic heterocycles. The molecule has 0 bridgehead atoms. The van der Waals surface area contributed by atoms with Crippen molar-refractivity contribution in [3.8, 4) is 0 Å². The molecule has 3 aromatic rings. The lowest BCUT2D eigenvalue weighted by Gasteiger charge is -2.00. The van der Waals surface area contributed by atoms with E-state index in [1.54, 1.807) is 6.20 Å². The maximum Gasteiger partial charge on any atom is 0.320 e. The van der Waals surface area contributed by atoms with Crippen LogP contribution in [0.4, 0.5) is 11.7 Å². The van der Waals surface area contributed by atoms with E-state index in [0.29, 0.717) is 0 Å². The van der Waals surface area contributed by atoms with E-state index in [4.69, 9.17) is 4.42 Å². The minimum absolute atomic E-state index is 0.0111. The predicted octanol–water partition coefficient (Wildman–Crippen LogP) is 3.20. The first-order valence-corrected chi connectivity index (χ1v) is 7.37. The van der Waals surface area contributed by atoms with Crippen molar-refractivity contribution >= 4 is 17.5 Å². The van der Waals surface area contributed by atoms with Crippen LogP contribution in [0.1, 0.15) is 28.9 Å². The van der Waals surface area contributed by atoms with Gasteiger partial charge in [0.05, 0.1) is 0 Å². The predicted molar refractivity (Wildman–Crippen MR) is 85.7 cm³/mol. The van der Waals surface area contributed by atoms with E-state index in [0.717, 1.165) is 23.4 Å². The second-order valence-electron chi connectivity index (χ2n) is 5.01. The highest BCUT2D eigenvalue weighted by molar-refractivity contribution is 5.93. The molecule has 0 fully saturated rings. The summed E-state index contributed by atoms with van der Waals surface area (Å²) in [6.07, 6.45) is 2.76. The van der Waals surface area contributed by atoms with E-state index < -0.39 is 0 Å². The largest absolute Gasteiger partial charge is 0.400 e. The van der Waals surface area contributed by atoms with Gasteiger partial charge in [-0.2, -0.15) is 0 Å². The first-order chi connectivity index (χ1) is 11.2. The Morgan fingerprint density at radius 2 is 1.96 bits per heavy atom. The van der Waals surface area contributed by atoms with Crippen molar-refractivity contribution in [2.75, 3.05) is 5.32 Å². The van der Waals surface area contributed by atoms with Crippen molar-refractivity contribution in [1.82, 2.24) is 15.2 Å². The van der Waals surface area contributed by atoms with Crippen molar-refractivity contribution in [3.63, 3.8) is 0 Å². The molecule has 6 heteroatoms. The number of Topliss-reactive ketones (excluding diaryl/α,β-unsaturated/α-hetero) is 1. The fraction of sp³-hybridized carbons (Fsp3) is 0.176. The summed E-state index contributed by atoms with van der Waals surface area (Å²) in [5.41, 5.74) is 2.63. The summed E-state index contributed by atoms with van der Waals surface area (Å²) >= 11 is 0. The third-order valence-electron chi connectivity index (χ3n) is 3.30. The highest BCUT2D eigenvalue weighted by Gasteiger charge is 2.15. The zero-order chi connectivity index (χ0) is 16.1. The van der Waals surface area contributed by atoms with Gasteiger partial charge >= 0.3 is 6.01 Å². The minimum atomic E-state index is -0.232. The Morgan fingerprint density at radius 1 is 1.13 bits per heavy atom. The van der Waals surface area contributed by atoms with E-state index in [1.165, 1.54) is 0 Å². The molecule has 0 unspecified atom stereocenters. The lowest BCUT2D eigenvalue weighted by atomic mass is 10.1. The van der Waals surface area contributed by atoms with Crippen molar-refractivity contribution < 1.29 is 9.21 Å². The maximum absolute atomic E-state index is 12.2. The molecule has 1 N–H and O–H groups in total. The number of pyridine rings is 1. The molecule has 116 valence electrons. The summed E-state index contributed by atoms with van der Waals surface area (Å²) in [4.78, 5) is 16.5. The van der Waals surface area contributed by atoms with Crippen molar-refractivity contribution in [2.24, 2.45) is 0 Å². The first kappa shape index (κ1) is 14.9. The molecule has 0 saturated carbocycles. The van der Waals surface area contributed by atoms with E-state index in [-0.39, 0.29) is 24.1 Å². The summed E-state index contributed by atoms with van der Waals surface area (Å²) < 4.78 is 5.36. The van der Waals surface area contributed by atoms with Crippen LogP contribution in [0.15, 0.2) is 53.1 Å². The van der Waals surface area contributed by atoms with Gasteiger partial charge in [-0.25, -0.2) is 0 Å². The molecule has 0 saturated heterocycles. The summed E-state index contributed by atoms with van der Waals surface area (Å²) in [5.74, 6) is -0.243. The Labute approximate surface area is 133 Å². The van der Waals surface area contributed by atoms with Gasteiger partial charge in [0, 0.05) is 24.0 Å². The van der Waals surface area contributed by atoms with Crippen LogP contribution in [0, 0.1) is 0 Å². The molecular weight excluding hydrogens is 292 g/mol. The molecule has 0 aliphatic rings. The first-order valence-electron chi connectivity index (χ1n) is 7.37. The Bertz CT molecular complexity index is 782. The van der Waals surface area contributed by atoms with Crippen molar-refractivity contribution in [2.45, 2.75) is 19.8 Å². The van der Waals surface area contributed by atoms with E-state index >= 15 is 0 Å². The van der Waals surface area contributed by atoms with Gasteiger partial charge in [0.25, 0.3) is 5.89 Å². The van der Waals surface area contributed by atoms with Crippen LogP contribution in [0.5, 0.6) is 0 Å². The number of aryl methyl sites for hydroxylation is 1. The molecule has 23 heavy (non-hydrogen) atoms. The van der Waals surface area contributed by atoms with E-state index in [9.17, 15) is 4.79 Å². The summed E-state index contributed by atoms with van der Waals surface area (Å²) in [6, 6.07) is 13.4. The standard InChI is InChI=1S/C17H16N4O2/c1-2-13-9-8-12(11-18-13)10-15(22)16-20-21-17(23-16)19-14-6-4-3-5-7-14/h3-9,11H,2,10H2,1H3,(H,19,21). The SMILES string of the molecule is CCc1ccc(CC(=O)c2nnc(Nc3ccccc3)o2)cn1. The molecule has 0 atom stereocenters. The Hall–Kier alpha value is -3.02. The van der Waals surface area contributed by atoms with Crippen LogP contribution in [0.3, 0.4) is 0 Å². The normalized spacial score (nSPS) is 10.5. The quantitative estimate of drug-likeness (QED) is 0.704. The lowest BCUT2D eigenvalue weighted by Crippen LogP contribution is -2.04. The van der Waals surface area contributed by atoms with Gasteiger partial charge in [-0.1, -0.05) is 36.3 Å². The van der Waals surface area contributed by atoms with Crippen LogP contribution >= 0.6 is 0 Å². The maximum atomic E-state index is 12.2. The van der Waals surface area contributed by atoms with Gasteiger partial charge in [-0.05, 0) is 30.2 Å².